The summed E-state index contributed by atoms with van der Waals surface area (Å²) in [5.41, 5.74) is 0.610. The maximum Gasteiger partial charge on any atom is 0.407 e. The minimum absolute atomic E-state index is 0. The Morgan fingerprint density at radius 1 is 1.15 bits per heavy atom. The van der Waals surface area contributed by atoms with Crippen molar-refractivity contribution in [2.24, 2.45) is 16.8 Å². The second kappa shape index (κ2) is 11.9. The van der Waals surface area contributed by atoms with Crippen molar-refractivity contribution in [3.8, 4) is 0 Å². The lowest BCUT2D eigenvalue weighted by Crippen LogP contribution is -2.46. The van der Waals surface area contributed by atoms with E-state index in [2.05, 4.69) is 15.5 Å². The molecule has 1 saturated carbocycles. The minimum atomic E-state index is -0.510. The number of nitrogens with one attached hydrogen (secondary N) is 2. The number of benzene rings is 1. The predicted octanol–water partition coefficient (Wildman–Crippen LogP) is 3.07. The quantitative estimate of drug-likeness (QED) is 0.323. The van der Waals surface area contributed by atoms with Gasteiger partial charge in [0.25, 0.3) is 0 Å². The Morgan fingerprint density at radius 3 is 2.48 bits per heavy atom. The number of aliphatic imine (C=N–C) groups is 1. The highest BCUT2D eigenvalue weighted by Crippen LogP contribution is 2.38. The molecule has 33 heavy (non-hydrogen) atoms. The Kier molecular flexibility index (Phi) is 9.81. The number of hydrogen-bond acceptors (Lipinski definition) is 4. The Morgan fingerprint density at radius 2 is 1.85 bits per heavy atom. The number of carbonyl (C=O) groups is 2. The fourth-order valence-electron chi connectivity index (χ4n) is 4.41. The van der Waals surface area contributed by atoms with Crippen molar-refractivity contribution in [2.75, 3.05) is 33.7 Å². The molecule has 2 fully saturated rings. The van der Waals surface area contributed by atoms with Gasteiger partial charge in [0, 0.05) is 39.1 Å². The van der Waals surface area contributed by atoms with Gasteiger partial charge in [0.1, 0.15) is 5.60 Å². The number of amides is 2. The molecule has 9 heteroatoms. The molecule has 2 aliphatic rings. The molecule has 1 aromatic carbocycles. The molecule has 3 unspecified atom stereocenters. The molecular formula is C24H38IN5O3. The van der Waals surface area contributed by atoms with Crippen LogP contribution in [0.2, 0.25) is 0 Å². The molecule has 1 aliphatic heterocycles. The van der Waals surface area contributed by atoms with E-state index in [1.165, 1.54) is 0 Å². The number of rotatable bonds is 5. The molecule has 3 rings (SSSR count). The third kappa shape index (κ3) is 8.04. The molecule has 1 aromatic rings. The molecule has 3 atom stereocenters. The normalized spacial score (nSPS) is 22.3. The molecule has 1 saturated heterocycles. The van der Waals surface area contributed by atoms with Gasteiger partial charge in [0.2, 0.25) is 5.91 Å². The van der Waals surface area contributed by atoms with Gasteiger partial charge in [-0.2, -0.15) is 0 Å². The molecule has 1 heterocycles. The molecule has 0 spiro atoms. The van der Waals surface area contributed by atoms with E-state index in [-0.39, 0.29) is 48.6 Å². The number of alkyl carbamates (subject to hydrolysis) is 1. The summed E-state index contributed by atoms with van der Waals surface area (Å²) in [6, 6.07) is 10.2. The van der Waals surface area contributed by atoms with Crippen LogP contribution < -0.4 is 10.6 Å². The van der Waals surface area contributed by atoms with Crippen molar-refractivity contribution in [3.05, 3.63) is 35.9 Å². The Balaban J connectivity index is 0.00000385. The van der Waals surface area contributed by atoms with Gasteiger partial charge < -0.3 is 25.2 Å². The summed E-state index contributed by atoms with van der Waals surface area (Å²) in [6.07, 6.45) is 1.67. The van der Waals surface area contributed by atoms with Gasteiger partial charge in [-0.05, 0) is 45.1 Å². The number of hydrogen-bond donors (Lipinski definition) is 2. The van der Waals surface area contributed by atoms with Crippen LogP contribution in [0.5, 0.6) is 0 Å². The van der Waals surface area contributed by atoms with Crippen molar-refractivity contribution >= 4 is 41.9 Å². The first-order chi connectivity index (χ1) is 15.1. The number of carbonyl (C=O) groups excluding carboxylic acids is 2. The van der Waals surface area contributed by atoms with Gasteiger partial charge in [0.15, 0.2) is 5.96 Å². The van der Waals surface area contributed by atoms with Crippen LogP contribution >= 0.6 is 24.0 Å². The first-order valence-corrected chi connectivity index (χ1v) is 11.4. The zero-order chi connectivity index (χ0) is 23.3. The van der Waals surface area contributed by atoms with E-state index in [1.54, 1.807) is 19.0 Å². The van der Waals surface area contributed by atoms with Crippen molar-refractivity contribution in [1.29, 1.82) is 0 Å². The van der Waals surface area contributed by atoms with Gasteiger partial charge in [0.05, 0.1) is 13.1 Å². The van der Waals surface area contributed by atoms with E-state index in [9.17, 15) is 9.59 Å². The standard InChI is InChI=1S/C24H37N5O3.HI/c1-24(2,3)32-23(31)27-20-12-11-18-15-29(16-19(18)20)22(26-14-21(30)28(4)5)25-13-17-9-7-6-8-10-17;/h6-10,18-20H,11-16H2,1-5H3,(H,25,26)(H,27,31);1H. The van der Waals surface area contributed by atoms with Crippen molar-refractivity contribution in [1.82, 2.24) is 20.4 Å². The molecule has 0 radical (unpaired) electrons. The van der Waals surface area contributed by atoms with Crippen LogP contribution in [-0.2, 0) is 16.1 Å². The number of halogens is 1. The summed E-state index contributed by atoms with van der Waals surface area (Å²) in [7, 11) is 3.50. The summed E-state index contributed by atoms with van der Waals surface area (Å²) in [5.74, 6) is 1.58. The highest BCUT2D eigenvalue weighted by atomic mass is 127. The number of ether oxygens (including phenoxy) is 1. The van der Waals surface area contributed by atoms with Crippen LogP contribution in [0.4, 0.5) is 4.79 Å². The number of likely N-dealkylation sites (tertiary alicyclic amines) is 1. The van der Waals surface area contributed by atoms with Crippen LogP contribution in [0.1, 0.15) is 39.2 Å². The van der Waals surface area contributed by atoms with Crippen LogP contribution in [0.25, 0.3) is 0 Å². The average Bonchev–Trinajstić information content (AvgIpc) is 3.29. The lowest BCUT2D eigenvalue weighted by atomic mass is 9.98. The third-order valence-corrected chi connectivity index (χ3v) is 6.01. The van der Waals surface area contributed by atoms with E-state index in [0.717, 1.165) is 37.5 Å². The number of likely N-dealkylation sites (N-methyl/N-ethyl adjacent to an activating group) is 1. The maximum absolute atomic E-state index is 12.3. The minimum Gasteiger partial charge on any atom is -0.444 e. The summed E-state index contributed by atoms with van der Waals surface area (Å²) in [4.78, 5) is 33.1. The molecular weight excluding hydrogens is 533 g/mol. The number of guanidine groups is 1. The average molecular weight is 572 g/mol. The van der Waals surface area contributed by atoms with E-state index in [1.807, 2.05) is 51.1 Å². The summed E-state index contributed by atoms with van der Waals surface area (Å²) in [6.45, 7) is 8.03. The fourth-order valence-corrected chi connectivity index (χ4v) is 4.41. The van der Waals surface area contributed by atoms with E-state index in [4.69, 9.17) is 9.73 Å². The fraction of sp³-hybridized carbons (Fsp3) is 0.625. The SMILES string of the molecule is CN(C)C(=O)CNC(=NCc1ccccc1)N1CC2CCC(NC(=O)OC(C)(C)C)C2C1.I. The van der Waals surface area contributed by atoms with Crippen LogP contribution in [0, 0.1) is 11.8 Å². The molecule has 8 nitrogen and oxygen atoms in total. The summed E-state index contributed by atoms with van der Waals surface area (Å²) < 4.78 is 5.46. The Labute approximate surface area is 214 Å². The second-order valence-corrected chi connectivity index (χ2v) is 9.93. The molecule has 2 amide bonds. The topological polar surface area (TPSA) is 86.3 Å². The highest BCUT2D eigenvalue weighted by molar-refractivity contribution is 14.0. The van der Waals surface area contributed by atoms with Crippen LogP contribution in [0.15, 0.2) is 35.3 Å². The zero-order valence-corrected chi connectivity index (χ0v) is 22.7. The predicted molar refractivity (Wildman–Crippen MR) is 141 cm³/mol. The first-order valence-electron chi connectivity index (χ1n) is 11.4. The third-order valence-electron chi connectivity index (χ3n) is 6.01. The first kappa shape index (κ1) is 27.2. The number of nitrogens with zero attached hydrogens (tertiary/aromatic N) is 3. The zero-order valence-electron chi connectivity index (χ0n) is 20.3. The monoisotopic (exact) mass is 571 g/mol. The molecule has 0 bridgehead atoms. The number of fused-ring (bicyclic) bond motifs is 1. The van der Waals surface area contributed by atoms with Gasteiger partial charge >= 0.3 is 6.09 Å². The van der Waals surface area contributed by atoms with Crippen LogP contribution in [-0.4, -0.2) is 73.1 Å². The van der Waals surface area contributed by atoms with Crippen molar-refractivity contribution in [2.45, 2.75) is 51.8 Å². The lowest BCUT2D eigenvalue weighted by molar-refractivity contribution is -0.127. The van der Waals surface area contributed by atoms with E-state index >= 15 is 0 Å². The molecule has 0 aromatic heterocycles. The highest BCUT2D eigenvalue weighted by Gasteiger charge is 2.44. The smallest absolute Gasteiger partial charge is 0.407 e. The maximum atomic E-state index is 12.3. The van der Waals surface area contributed by atoms with Gasteiger partial charge in [-0.3, -0.25) is 4.79 Å². The van der Waals surface area contributed by atoms with E-state index in [0.29, 0.717) is 18.4 Å². The lowest BCUT2D eigenvalue weighted by Gasteiger charge is -2.26. The van der Waals surface area contributed by atoms with Gasteiger partial charge in [-0.15, -0.1) is 24.0 Å². The molecule has 1 aliphatic carbocycles. The summed E-state index contributed by atoms with van der Waals surface area (Å²) in [5, 5.41) is 6.34. The van der Waals surface area contributed by atoms with Gasteiger partial charge in [-0.1, -0.05) is 30.3 Å². The molecule has 184 valence electrons. The molecule has 2 N–H and O–H groups in total. The van der Waals surface area contributed by atoms with Crippen molar-refractivity contribution in [3.63, 3.8) is 0 Å². The Bertz CT molecular complexity index is 825. The van der Waals surface area contributed by atoms with Gasteiger partial charge in [-0.25, -0.2) is 9.79 Å². The van der Waals surface area contributed by atoms with Crippen LogP contribution in [0.3, 0.4) is 0 Å². The Hall–Kier alpha value is -2.04. The summed E-state index contributed by atoms with van der Waals surface area (Å²) >= 11 is 0. The van der Waals surface area contributed by atoms with Crippen molar-refractivity contribution < 1.29 is 14.3 Å². The second-order valence-electron chi connectivity index (χ2n) is 9.93. The van der Waals surface area contributed by atoms with E-state index < -0.39 is 5.60 Å². The largest absolute Gasteiger partial charge is 0.444 e.